The Morgan fingerprint density at radius 3 is 2.36 bits per heavy atom. The molecule has 130 valence electrons. The number of rotatable bonds is 3. The Bertz CT molecular complexity index is 1100. The van der Waals surface area contributed by atoms with Crippen molar-refractivity contribution in [2.75, 3.05) is 14.2 Å². The maximum atomic E-state index is 12.5. The molecule has 0 saturated carbocycles. The SMILES string of the molecule is COc1ccc(OC)c(-c2nc3c(=O)n(C)c(=O)n(C)c3cc2C)c1. The Morgan fingerprint density at radius 1 is 1.00 bits per heavy atom. The van der Waals surface area contributed by atoms with Crippen LogP contribution in [0.4, 0.5) is 0 Å². The molecule has 0 aliphatic carbocycles. The predicted molar refractivity (Wildman–Crippen MR) is 95.5 cm³/mol. The highest BCUT2D eigenvalue weighted by atomic mass is 16.5. The van der Waals surface area contributed by atoms with Gasteiger partial charge in [-0.3, -0.25) is 13.9 Å². The number of aromatic nitrogens is 3. The highest BCUT2D eigenvalue weighted by molar-refractivity contribution is 5.81. The summed E-state index contributed by atoms with van der Waals surface area (Å²) in [7, 11) is 6.22. The Labute approximate surface area is 144 Å². The Morgan fingerprint density at radius 2 is 1.72 bits per heavy atom. The van der Waals surface area contributed by atoms with Crippen LogP contribution in [0.3, 0.4) is 0 Å². The number of fused-ring (bicyclic) bond motifs is 1. The molecule has 0 bridgehead atoms. The van der Waals surface area contributed by atoms with Gasteiger partial charge in [-0.2, -0.15) is 0 Å². The molecule has 2 heterocycles. The average Bonchev–Trinajstić information content (AvgIpc) is 2.63. The number of hydrogen-bond acceptors (Lipinski definition) is 5. The van der Waals surface area contributed by atoms with Crippen molar-refractivity contribution in [2.45, 2.75) is 6.92 Å². The van der Waals surface area contributed by atoms with Gasteiger partial charge < -0.3 is 9.47 Å². The smallest absolute Gasteiger partial charge is 0.331 e. The van der Waals surface area contributed by atoms with E-state index in [1.807, 2.05) is 13.0 Å². The first-order chi connectivity index (χ1) is 11.9. The fourth-order valence-corrected chi connectivity index (χ4v) is 2.86. The second kappa shape index (κ2) is 6.08. The average molecular weight is 341 g/mol. The molecule has 0 N–H and O–H groups in total. The van der Waals surface area contributed by atoms with E-state index in [-0.39, 0.29) is 11.2 Å². The standard InChI is InChI=1S/C18H19N3O4/c1-10-8-13-16(17(22)21(3)18(23)20(13)2)19-15(10)12-9-11(24-4)6-7-14(12)25-5/h6-9H,1-5H3. The minimum Gasteiger partial charge on any atom is -0.497 e. The first-order valence-corrected chi connectivity index (χ1v) is 7.68. The molecule has 0 amide bonds. The molecule has 2 aromatic heterocycles. The third kappa shape index (κ3) is 2.57. The number of pyridine rings is 1. The van der Waals surface area contributed by atoms with Gasteiger partial charge in [0.05, 0.1) is 25.4 Å². The summed E-state index contributed by atoms with van der Waals surface area (Å²) in [6.45, 7) is 1.88. The lowest BCUT2D eigenvalue weighted by Crippen LogP contribution is -2.37. The number of nitrogens with zero attached hydrogens (tertiary/aromatic N) is 3. The van der Waals surface area contributed by atoms with E-state index in [2.05, 4.69) is 4.98 Å². The molecule has 0 radical (unpaired) electrons. The van der Waals surface area contributed by atoms with Gasteiger partial charge in [-0.1, -0.05) is 0 Å². The minimum atomic E-state index is -0.429. The molecule has 0 unspecified atom stereocenters. The molecule has 3 rings (SSSR count). The largest absolute Gasteiger partial charge is 0.497 e. The van der Waals surface area contributed by atoms with Crippen molar-refractivity contribution >= 4 is 11.0 Å². The quantitative estimate of drug-likeness (QED) is 0.724. The van der Waals surface area contributed by atoms with Gasteiger partial charge in [-0.15, -0.1) is 0 Å². The van der Waals surface area contributed by atoms with E-state index in [0.717, 1.165) is 15.7 Å². The summed E-state index contributed by atoms with van der Waals surface area (Å²) in [6.07, 6.45) is 0. The number of hydrogen-bond donors (Lipinski definition) is 0. The summed E-state index contributed by atoms with van der Waals surface area (Å²) in [4.78, 5) is 29.2. The number of methoxy groups -OCH3 is 2. The van der Waals surface area contributed by atoms with Crippen molar-refractivity contribution in [3.05, 3.63) is 50.7 Å². The molecule has 25 heavy (non-hydrogen) atoms. The third-order valence-electron chi connectivity index (χ3n) is 4.30. The Kier molecular flexibility index (Phi) is 4.08. The maximum absolute atomic E-state index is 12.5. The van der Waals surface area contributed by atoms with Gasteiger partial charge in [0.1, 0.15) is 11.5 Å². The van der Waals surface area contributed by atoms with Crippen molar-refractivity contribution in [1.82, 2.24) is 14.1 Å². The Balaban J connectivity index is 2.42. The molecule has 3 aromatic rings. The highest BCUT2D eigenvalue weighted by Gasteiger charge is 2.16. The van der Waals surface area contributed by atoms with Crippen LogP contribution in [-0.2, 0) is 14.1 Å². The summed E-state index contributed by atoms with van der Waals surface area (Å²) in [5, 5.41) is 0. The molecular weight excluding hydrogens is 322 g/mol. The fraction of sp³-hybridized carbons (Fsp3) is 0.278. The van der Waals surface area contributed by atoms with Crippen LogP contribution in [0, 0.1) is 6.92 Å². The zero-order chi connectivity index (χ0) is 18.3. The van der Waals surface area contributed by atoms with Gasteiger partial charge in [0.15, 0.2) is 5.52 Å². The molecule has 0 aliphatic rings. The number of ether oxygens (including phenoxy) is 2. The second-order valence-corrected chi connectivity index (χ2v) is 5.79. The van der Waals surface area contributed by atoms with Crippen molar-refractivity contribution in [3.8, 4) is 22.8 Å². The summed E-state index contributed by atoms with van der Waals surface area (Å²) < 4.78 is 13.2. The lowest BCUT2D eigenvalue weighted by molar-refractivity contribution is 0.404. The van der Waals surface area contributed by atoms with Gasteiger partial charge in [0, 0.05) is 19.7 Å². The molecule has 0 saturated heterocycles. The van der Waals surface area contributed by atoms with E-state index < -0.39 is 5.56 Å². The second-order valence-electron chi connectivity index (χ2n) is 5.79. The van der Waals surface area contributed by atoms with Crippen LogP contribution < -0.4 is 20.7 Å². The summed E-state index contributed by atoms with van der Waals surface area (Å²) in [5.74, 6) is 1.28. The molecule has 1 aromatic carbocycles. The predicted octanol–water partition coefficient (Wildman–Crippen LogP) is 1.62. The van der Waals surface area contributed by atoms with Crippen LogP contribution in [0.2, 0.25) is 0 Å². The van der Waals surface area contributed by atoms with E-state index in [1.54, 1.807) is 39.5 Å². The van der Waals surface area contributed by atoms with Crippen molar-refractivity contribution in [3.63, 3.8) is 0 Å². The molecule has 0 fully saturated rings. The van der Waals surface area contributed by atoms with Crippen molar-refractivity contribution in [1.29, 1.82) is 0 Å². The maximum Gasteiger partial charge on any atom is 0.331 e. The highest BCUT2D eigenvalue weighted by Crippen LogP contribution is 2.34. The summed E-state index contributed by atoms with van der Waals surface area (Å²) in [5.41, 5.74) is 2.07. The molecule has 7 heteroatoms. The van der Waals surface area contributed by atoms with Gasteiger partial charge >= 0.3 is 5.69 Å². The third-order valence-corrected chi connectivity index (χ3v) is 4.30. The van der Waals surface area contributed by atoms with E-state index in [4.69, 9.17) is 9.47 Å². The zero-order valence-corrected chi connectivity index (χ0v) is 14.8. The molecule has 0 spiro atoms. The summed E-state index contributed by atoms with van der Waals surface area (Å²) >= 11 is 0. The molecule has 0 atom stereocenters. The van der Waals surface area contributed by atoms with Crippen LogP contribution in [-0.4, -0.2) is 28.3 Å². The Hall–Kier alpha value is -3.09. The van der Waals surface area contributed by atoms with Crippen LogP contribution in [0.25, 0.3) is 22.3 Å². The lowest BCUT2D eigenvalue weighted by atomic mass is 10.0. The van der Waals surface area contributed by atoms with Gasteiger partial charge in [0.25, 0.3) is 5.56 Å². The van der Waals surface area contributed by atoms with Crippen molar-refractivity contribution < 1.29 is 9.47 Å². The topological polar surface area (TPSA) is 75.3 Å². The van der Waals surface area contributed by atoms with Gasteiger partial charge in [-0.25, -0.2) is 9.78 Å². The fourth-order valence-electron chi connectivity index (χ4n) is 2.86. The molecular formula is C18H19N3O4. The lowest BCUT2D eigenvalue weighted by Gasteiger charge is -2.14. The number of aryl methyl sites for hydroxylation is 2. The van der Waals surface area contributed by atoms with E-state index in [9.17, 15) is 9.59 Å². The molecule has 7 nitrogen and oxygen atoms in total. The van der Waals surface area contributed by atoms with Crippen LogP contribution >= 0.6 is 0 Å². The van der Waals surface area contributed by atoms with Crippen LogP contribution in [0.1, 0.15) is 5.56 Å². The van der Waals surface area contributed by atoms with E-state index in [0.29, 0.717) is 22.7 Å². The zero-order valence-electron chi connectivity index (χ0n) is 14.8. The van der Waals surface area contributed by atoms with Gasteiger partial charge in [0.2, 0.25) is 0 Å². The molecule has 0 aliphatic heterocycles. The van der Waals surface area contributed by atoms with E-state index >= 15 is 0 Å². The van der Waals surface area contributed by atoms with Crippen LogP contribution in [0.5, 0.6) is 11.5 Å². The van der Waals surface area contributed by atoms with E-state index in [1.165, 1.54) is 11.6 Å². The van der Waals surface area contributed by atoms with Crippen LogP contribution in [0.15, 0.2) is 33.9 Å². The normalized spacial score (nSPS) is 10.9. The van der Waals surface area contributed by atoms with Crippen molar-refractivity contribution in [2.24, 2.45) is 14.1 Å². The summed E-state index contributed by atoms with van der Waals surface area (Å²) in [6, 6.07) is 7.19. The first kappa shape index (κ1) is 16.8. The van der Waals surface area contributed by atoms with Gasteiger partial charge in [-0.05, 0) is 36.8 Å². The minimum absolute atomic E-state index is 0.232. The first-order valence-electron chi connectivity index (χ1n) is 7.68. The number of benzene rings is 1. The monoisotopic (exact) mass is 341 g/mol.